The minimum absolute atomic E-state index is 0.525. The standard InChI is InChI=1S/C18H20INO.CH3I/c19-16-7-3-14(4-8-16)12-15-5-9-18(10-6-15)21-13-17-2-1-11-20-17;1-2/h3-10,17,20H,1-2,11-13H2;1H3/t17-;/m0./s1. The predicted octanol–water partition coefficient (Wildman–Crippen LogP) is 5.06. The molecular weight excluding hydrogens is 512 g/mol. The Bertz CT molecular complexity index is 563. The Labute approximate surface area is 166 Å². The molecule has 23 heavy (non-hydrogen) atoms. The van der Waals surface area contributed by atoms with Crippen LogP contribution < -0.4 is 10.1 Å². The van der Waals surface area contributed by atoms with Gasteiger partial charge >= 0.3 is 0 Å². The minimum atomic E-state index is 0.525. The smallest absolute Gasteiger partial charge is 0.119 e. The molecule has 0 aromatic heterocycles. The molecule has 0 aliphatic carbocycles. The van der Waals surface area contributed by atoms with Crippen LogP contribution >= 0.6 is 45.2 Å². The van der Waals surface area contributed by atoms with Gasteiger partial charge in [-0.2, -0.15) is 0 Å². The van der Waals surface area contributed by atoms with Crippen molar-refractivity contribution in [3.05, 3.63) is 63.2 Å². The van der Waals surface area contributed by atoms with Crippen LogP contribution in [0.25, 0.3) is 0 Å². The van der Waals surface area contributed by atoms with Crippen LogP contribution in [-0.2, 0) is 6.42 Å². The molecule has 2 aromatic carbocycles. The summed E-state index contributed by atoms with van der Waals surface area (Å²) in [4.78, 5) is 1.97. The average Bonchev–Trinajstić information content (AvgIpc) is 3.12. The lowest BCUT2D eigenvalue weighted by Gasteiger charge is -2.12. The van der Waals surface area contributed by atoms with Crippen LogP contribution in [-0.4, -0.2) is 24.1 Å². The Morgan fingerprint density at radius 3 is 2.17 bits per heavy atom. The number of halogens is 2. The maximum Gasteiger partial charge on any atom is 0.119 e. The van der Waals surface area contributed by atoms with Gasteiger partial charge in [-0.15, -0.1) is 0 Å². The van der Waals surface area contributed by atoms with E-state index in [1.807, 2.05) is 4.93 Å². The molecule has 0 saturated carbocycles. The number of benzene rings is 2. The highest BCUT2D eigenvalue weighted by Gasteiger charge is 2.14. The summed E-state index contributed by atoms with van der Waals surface area (Å²) in [5, 5.41) is 3.45. The van der Waals surface area contributed by atoms with E-state index in [1.54, 1.807) is 0 Å². The fourth-order valence-electron chi connectivity index (χ4n) is 2.64. The molecule has 0 bridgehead atoms. The average molecular weight is 535 g/mol. The van der Waals surface area contributed by atoms with Crippen LogP contribution in [0.3, 0.4) is 0 Å². The van der Waals surface area contributed by atoms with Gasteiger partial charge in [0, 0.05) is 9.61 Å². The van der Waals surface area contributed by atoms with Crippen LogP contribution in [0, 0.1) is 3.57 Å². The first-order valence-corrected chi connectivity index (χ1v) is 11.1. The zero-order valence-corrected chi connectivity index (χ0v) is 17.7. The zero-order chi connectivity index (χ0) is 16.5. The molecule has 1 N–H and O–H groups in total. The van der Waals surface area contributed by atoms with Crippen molar-refractivity contribution in [3.8, 4) is 5.75 Å². The van der Waals surface area contributed by atoms with E-state index in [0.29, 0.717) is 6.04 Å². The van der Waals surface area contributed by atoms with Crippen LogP contribution in [0.4, 0.5) is 0 Å². The molecule has 4 heteroatoms. The van der Waals surface area contributed by atoms with Gasteiger partial charge in [-0.3, -0.25) is 0 Å². The van der Waals surface area contributed by atoms with Gasteiger partial charge in [0.15, 0.2) is 0 Å². The van der Waals surface area contributed by atoms with E-state index in [-0.39, 0.29) is 0 Å². The Hall–Kier alpha value is -0.340. The lowest BCUT2D eigenvalue weighted by Crippen LogP contribution is -2.28. The molecule has 0 unspecified atom stereocenters. The first-order valence-electron chi connectivity index (χ1n) is 7.87. The fraction of sp³-hybridized carbons (Fsp3) is 0.368. The molecule has 1 saturated heterocycles. The molecule has 1 aliphatic heterocycles. The van der Waals surface area contributed by atoms with Gasteiger partial charge in [-0.05, 0) is 88.7 Å². The minimum Gasteiger partial charge on any atom is -0.492 e. The van der Waals surface area contributed by atoms with Crippen LogP contribution in [0.2, 0.25) is 0 Å². The maximum atomic E-state index is 5.85. The van der Waals surface area contributed by atoms with Crippen molar-refractivity contribution in [3.63, 3.8) is 0 Å². The molecule has 1 heterocycles. The third kappa shape index (κ3) is 6.58. The number of ether oxygens (including phenoxy) is 1. The third-order valence-corrected chi connectivity index (χ3v) is 4.58. The lowest BCUT2D eigenvalue weighted by molar-refractivity contribution is 0.277. The topological polar surface area (TPSA) is 21.3 Å². The van der Waals surface area contributed by atoms with Crippen molar-refractivity contribution in [2.45, 2.75) is 25.3 Å². The highest BCUT2D eigenvalue weighted by molar-refractivity contribution is 14.1. The zero-order valence-electron chi connectivity index (χ0n) is 13.4. The summed E-state index contributed by atoms with van der Waals surface area (Å²) in [7, 11) is 0. The highest BCUT2D eigenvalue weighted by Crippen LogP contribution is 2.17. The normalized spacial score (nSPS) is 16.6. The first-order chi connectivity index (χ1) is 11.3. The van der Waals surface area contributed by atoms with E-state index in [1.165, 1.54) is 27.5 Å². The molecule has 0 spiro atoms. The van der Waals surface area contributed by atoms with Crippen LogP contribution in [0.15, 0.2) is 48.5 Å². The number of rotatable bonds is 5. The summed E-state index contributed by atoms with van der Waals surface area (Å²) in [5.74, 6) is 0.968. The van der Waals surface area contributed by atoms with Gasteiger partial charge in [-0.25, -0.2) is 0 Å². The fourth-order valence-corrected chi connectivity index (χ4v) is 3.00. The van der Waals surface area contributed by atoms with Gasteiger partial charge in [-0.1, -0.05) is 46.9 Å². The largest absolute Gasteiger partial charge is 0.492 e. The van der Waals surface area contributed by atoms with Crippen LogP contribution in [0.1, 0.15) is 24.0 Å². The molecule has 1 atom stereocenters. The summed E-state index contributed by atoms with van der Waals surface area (Å²) in [6.45, 7) is 1.90. The molecule has 1 aliphatic rings. The van der Waals surface area contributed by atoms with Crippen molar-refractivity contribution >= 4 is 45.2 Å². The predicted molar refractivity (Wildman–Crippen MR) is 115 cm³/mol. The Balaban J connectivity index is 0.000000924. The molecular formula is C19H23I2NO. The van der Waals surface area contributed by atoms with Crippen molar-refractivity contribution in [2.75, 3.05) is 18.1 Å². The molecule has 0 amide bonds. The number of hydrogen-bond donors (Lipinski definition) is 1. The molecule has 2 aromatic rings. The second-order valence-corrected chi connectivity index (χ2v) is 6.80. The molecule has 1 fully saturated rings. The number of nitrogens with one attached hydrogen (secondary N) is 1. The van der Waals surface area contributed by atoms with E-state index < -0.39 is 0 Å². The van der Waals surface area contributed by atoms with Crippen molar-refractivity contribution in [2.24, 2.45) is 0 Å². The van der Waals surface area contributed by atoms with E-state index in [2.05, 4.69) is 99.0 Å². The van der Waals surface area contributed by atoms with Crippen molar-refractivity contribution < 1.29 is 4.74 Å². The lowest BCUT2D eigenvalue weighted by atomic mass is 10.1. The van der Waals surface area contributed by atoms with Gasteiger partial charge in [0.05, 0.1) is 0 Å². The second kappa shape index (κ2) is 10.5. The van der Waals surface area contributed by atoms with Crippen molar-refractivity contribution in [1.82, 2.24) is 5.32 Å². The summed E-state index contributed by atoms with van der Waals surface area (Å²) < 4.78 is 7.13. The summed E-state index contributed by atoms with van der Waals surface area (Å²) in [6.07, 6.45) is 3.47. The van der Waals surface area contributed by atoms with E-state index in [9.17, 15) is 0 Å². The number of hydrogen-bond acceptors (Lipinski definition) is 2. The summed E-state index contributed by atoms with van der Waals surface area (Å²) in [6, 6.07) is 17.7. The highest BCUT2D eigenvalue weighted by atomic mass is 127. The van der Waals surface area contributed by atoms with Crippen LogP contribution in [0.5, 0.6) is 5.75 Å². The first kappa shape index (κ1) is 19.0. The maximum absolute atomic E-state index is 5.85. The molecule has 2 nitrogen and oxygen atoms in total. The van der Waals surface area contributed by atoms with Gasteiger partial charge < -0.3 is 10.1 Å². The SMILES string of the molecule is CI.Ic1ccc(Cc2ccc(OC[C@@H]3CCCN3)cc2)cc1. The van der Waals surface area contributed by atoms with Gasteiger partial charge in [0.1, 0.15) is 12.4 Å². The summed E-state index contributed by atoms with van der Waals surface area (Å²) in [5.41, 5.74) is 2.67. The van der Waals surface area contributed by atoms with Gasteiger partial charge in [0.25, 0.3) is 0 Å². The van der Waals surface area contributed by atoms with E-state index in [4.69, 9.17) is 4.74 Å². The molecule has 3 rings (SSSR count). The Kier molecular flexibility index (Phi) is 8.68. The monoisotopic (exact) mass is 535 g/mol. The summed E-state index contributed by atoms with van der Waals surface area (Å²) >= 11 is 4.49. The third-order valence-electron chi connectivity index (χ3n) is 3.86. The Morgan fingerprint density at radius 2 is 1.61 bits per heavy atom. The Morgan fingerprint density at radius 1 is 1.00 bits per heavy atom. The quantitative estimate of drug-likeness (QED) is 0.427. The van der Waals surface area contributed by atoms with E-state index in [0.717, 1.165) is 25.3 Å². The second-order valence-electron chi connectivity index (χ2n) is 5.55. The molecule has 124 valence electrons. The number of alkyl halides is 1. The van der Waals surface area contributed by atoms with Gasteiger partial charge in [0.2, 0.25) is 0 Å². The molecule has 0 radical (unpaired) electrons. The van der Waals surface area contributed by atoms with Crippen molar-refractivity contribution in [1.29, 1.82) is 0 Å². The van der Waals surface area contributed by atoms with E-state index >= 15 is 0 Å².